The Bertz CT molecular complexity index is 257. The van der Waals surface area contributed by atoms with E-state index in [1.165, 1.54) is 70.6 Å². The topological polar surface area (TPSA) is 89.3 Å². The molecule has 132 valence electrons. The molecule has 5 N–H and O–H groups in total. The predicted octanol–water partition coefficient (Wildman–Crippen LogP) is 4.74. The van der Waals surface area contributed by atoms with Crippen LogP contribution in [0, 0.1) is 0 Å². The molecule has 5 heteroatoms. The number of carbonyl (C=O) groups is 1. The van der Waals surface area contributed by atoms with Crippen molar-refractivity contribution < 1.29 is 9.90 Å². The molecule has 0 bridgehead atoms. The molecule has 0 fully saturated rings. The molecule has 0 aromatic rings. The molecule has 0 radical (unpaired) electrons. The van der Waals surface area contributed by atoms with Gasteiger partial charge in [-0.25, -0.2) is 0 Å². The zero-order chi connectivity index (χ0) is 17.1. The Morgan fingerprint density at radius 3 is 1.32 bits per heavy atom. The maximum atomic E-state index is 10.3. The molecule has 0 unspecified atom stereocenters. The zero-order valence-electron chi connectivity index (χ0n) is 14.3. The molecule has 0 aliphatic carbocycles. The molecule has 0 heterocycles. The van der Waals surface area contributed by atoms with E-state index in [2.05, 4.69) is 30.6 Å². The van der Waals surface area contributed by atoms with Crippen LogP contribution < -0.4 is 11.5 Å². The molecule has 0 aromatic heterocycles. The van der Waals surface area contributed by atoms with E-state index in [0.29, 0.717) is 6.42 Å². The minimum Gasteiger partial charge on any atom is -0.481 e. The van der Waals surface area contributed by atoms with E-state index in [1.807, 2.05) is 0 Å². The van der Waals surface area contributed by atoms with Crippen molar-refractivity contribution in [1.82, 2.24) is 0 Å². The third kappa shape index (κ3) is 31.5. The lowest BCUT2D eigenvalue weighted by atomic mass is 10.0. The highest BCUT2D eigenvalue weighted by Crippen LogP contribution is 2.12. The predicted molar refractivity (Wildman–Crippen MR) is 98.9 cm³/mol. The Morgan fingerprint density at radius 2 is 1.05 bits per heavy atom. The van der Waals surface area contributed by atoms with Crippen LogP contribution in [-0.2, 0) is 4.79 Å². The van der Waals surface area contributed by atoms with E-state index in [1.54, 1.807) is 0 Å². The molecule has 0 saturated heterocycles. The number of unbranched alkanes of at least 4 members (excludes halogenated alkanes) is 12. The minimum atomic E-state index is -0.655. The molecule has 22 heavy (non-hydrogen) atoms. The van der Waals surface area contributed by atoms with Gasteiger partial charge in [0.2, 0.25) is 0 Å². The van der Waals surface area contributed by atoms with E-state index < -0.39 is 5.97 Å². The van der Waals surface area contributed by atoms with Crippen LogP contribution in [-0.4, -0.2) is 16.2 Å². The summed E-state index contributed by atoms with van der Waals surface area (Å²) in [7, 11) is 0. The number of carboxylic acids is 1. The summed E-state index contributed by atoms with van der Waals surface area (Å²) in [5, 5.41) is 8.49. The quantitative estimate of drug-likeness (QED) is 0.316. The van der Waals surface area contributed by atoms with E-state index in [9.17, 15) is 4.79 Å². The lowest BCUT2D eigenvalue weighted by Gasteiger charge is -2.02. The first kappa shape index (κ1) is 23.4. The van der Waals surface area contributed by atoms with Crippen LogP contribution in [0.3, 0.4) is 0 Å². The fraction of sp³-hybridized carbons (Fsp3) is 0.882. The van der Waals surface area contributed by atoms with Crippen LogP contribution in [0.4, 0.5) is 0 Å². The molecular weight excluding hydrogens is 296 g/mol. The van der Waals surface area contributed by atoms with E-state index in [0.717, 1.165) is 12.8 Å². The summed E-state index contributed by atoms with van der Waals surface area (Å²) in [6.45, 7) is 2.26. The number of aliphatic carboxylic acids is 1. The SMILES string of the molecule is CCCCCCCCCCCCCCCC(=O)O.NC(N)=S. The number of hydrogen-bond donors (Lipinski definition) is 3. The van der Waals surface area contributed by atoms with Crippen molar-refractivity contribution in [2.45, 2.75) is 96.8 Å². The molecule has 0 amide bonds. The van der Waals surface area contributed by atoms with Gasteiger partial charge in [0.05, 0.1) is 0 Å². The third-order valence-electron chi connectivity index (χ3n) is 3.49. The zero-order valence-corrected chi connectivity index (χ0v) is 15.1. The normalized spacial score (nSPS) is 9.86. The highest BCUT2D eigenvalue weighted by molar-refractivity contribution is 7.80. The fourth-order valence-electron chi connectivity index (χ4n) is 2.29. The molecule has 0 aliphatic rings. The summed E-state index contributed by atoms with van der Waals surface area (Å²) < 4.78 is 0. The number of rotatable bonds is 14. The van der Waals surface area contributed by atoms with Crippen molar-refractivity contribution in [2.24, 2.45) is 11.5 Å². The average Bonchev–Trinajstić information content (AvgIpc) is 2.43. The van der Waals surface area contributed by atoms with E-state index in [-0.39, 0.29) is 5.11 Å². The first-order valence-electron chi connectivity index (χ1n) is 8.77. The lowest BCUT2D eigenvalue weighted by Crippen LogP contribution is -2.18. The van der Waals surface area contributed by atoms with E-state index in [4.69, 9.17) is 5.11 Å². The summed E-state index contributed by atoms with van der Waals surface area (Å²) in [4.78, 5) is 10.3. The molecule has 0 spiro atoms. The number of thiocarbonyl (C=S) groups is 1. The van der Waals surface area contributed by atoms with Crippen molar-refractivity contribution >= 4 is 23.3 Å². The Morgan fingerprint density at radius 1 is 0.773 bits per heavy atom. The molecule has 0 saturated carbocycles. The Labute approximate surface area is 142 Å². The molecular formula is C17H36N2O2S. The van der Waals surface area contributed by atoms with Gasteiger partial charge in [0.15, 0.2) is 5.11 Å². The molecule has 0 aliphatic heterocycles. The second-order valence-electron chi connectivity index (χ2n) is 5.79. The summed E-state index contributed by atoms with van der Waals surface area (Å²) >= 11 is 4.09. The third-order valence-corrected chi connectivity index (χ3v) is 3.49. The summed E-state index contributed by atoms with van der Waals surface area (Å²) in [5.41, 5.74) is 9.24. The largest absolute Gasteiger partial charge is 0.481 e. The summed E-state index contributed by atoms with van der Waals surface area (Å²) in [6, 6.07) is 0. The second-order valence-corrected chi connectivity index (χ2v) is 6.26. The van der Waals surface area contributed by atoms with Crippen LogP contribution in [0.2, 0.25) is 0 Å². The summed E-state index contributed by atoms with van der Waals surface area (Å²) in [6.07, 6.45) is 17.3. The monoisotopic (exact) mass is 332 g/mol. The van der Waals surface area contributed by atoms with Crippen molar-refractivity contribution in [1.29, 1.82) is 0 Å². The minimum absolute atomic E-state index is 0.000000000000000222. The first-order valence-corrected chi connectivity index (χ1v) is 9.18. The van der Waals surface area contributed by atoms with Crippen molar-refractivity contribution in [3.63, 3.8) is 0 Å². The van der Waals surface area contributed by atoms with Crippen molar-refractivity contribution in [3.8, 4) is 0 Å². The van der Waals surface area contributed by atoms with Gasteiger partial charge in [-0.3, -0.25) is 4.79 Å². The van der Waals surface area contributed by atoms with Crippen LogP contribution in [0.5, 0.6) is 0 Å². The Balaban J connectivity index is 0. The van der Waals surface area contributed by atoms with Crippen LogP contribution in [0.1, 0.15) is 96.8 Å². The number of hydrogen-bond acceptors (Lipinski definition) is 2. The first-order chi connectivity index (χ1) is 10.5. The van der Waals surface area contributed by atoms with Gasteiger partial charge in [-0.05, 0) is 18.6 Å². The average molecular weight is 333 g/mol. The van der Waals surface area contributed by atoms with Gasteiger partial charge in [-0.1, -0.05) is 84.0 Å². The van der Waals surface area contributed by atoms with Gasteiger partial charge < -0.3 is 16.6 Å². The maximum Gasteiger partial charge on any atom is 0.303 e. The number of nitrogens with two attached hydrogens (primary N) is 2. The highest BCUT2D eigenvalue weighted by atomic mass is 32.1. The van der Waals surface area contributed by atoms with Crippen molar-refractivity contribution in [2.75, 3.05) is 0 Å². The van der Waals surface area contributed by atoms with Crippen LogP contribution in [0.15, 0.2) is 0 Å². The van der Waals surface area contributed by atoms with Gasteiger partial charge in [0.1, 0.15) is 0 Å². The maximum absolute atomic E-state index is 10.3. The van der Waals surface area contributed by atoms with Gasteiger partial charge in [0, 0.05) is 6.42 Å². The highest BCUT2D eigenvalue weighted by Gasteiger charge is 1.96. The Hall–Kier alpha value is -0.840. The van der Waals surface area contributed by atoms with Crippen LogP contribution >= 0.6 is 12.2 Å². The van der Waals surface area contributed by atoms with Crippen LogP contribution in [0.25, 0.3) is 0 Å². The molecule has 0 aromatic carbocycles. The van der Waals surface area contributed by atoms with Gasteiger partial charge >= 0.3 is 5.97 Å². The summed E-state index contributed by atoms with van der Waals surface area (Å²) in [5.74, 6) is -0.655. The van der Waals surface area contributed by atoms with Crippen molar-refractivity contribution in [3.05, 3.63) is 0 Å². The standard InChI is InChI=1S/C16H32O2.CH4N2S/c1-2-3-4-5-6-7-8-9-10-11-12-13-14-15-16(17)18;2-1(3)4/h2-15H2,1H3,(H,17,18);(H4,2,3,4). The smallest absolute Gasteiger partial charge is 0.303 e. The van der Waals surface area contributed by atoms with E-state index >= 15 is 0 Å². The van der Waals surface area contributed by atoms with Gasteiger partial charge in [-0.15, -0.1) is 0 Å². The molecule has 0 atom stereocenters. The Kier molecular flexibility index (Phi) is 21.5. The number of carboxylic acid groups (broad SMARTS) is 1. The van der Waals surface area contributed by atoms with Gasteiger partial charge in [-0.2, -0.15) is 0 Å². The lowest BCUT2D eigenvalue weighted by molar-refractivity contribution is -0.137. The second kappa shape index (κ2) is 20.2. The molecule has 4 nitrogen and oxygen atoms in total. The fourth-order valence-corrected chi connectivity index (χ4v) is 2.29. The molecule has 0 rings (SSSR count). The van der Waals surface area contributed by atoms with Gasteiger partial charge in [0.25, 0.3) is 0 Å².